The summed E-state index contributed by atoms with van der Waals surface area (Å²) in [6.07, 6.45) is 2.93. The fourth-order valence-electron chi connectivity index (χ4n) is 2.50. The largest absolute Gasteiger partial charge is 0.494 e. The van der Waals surface area contributed by atoms with Gasteiger partial charge < -0.3 is 20.7 Å². The second-order valence-corrected chi connectivity index (χ2v) is 6.46. The van der Waals surface area contributed by atoms with E-state index in [1.54, 1.807) is 24.3 Å². The Bertz CT molecular complexity index is 760. The number of carbonyl (C=O) groups excluding carboxylic acids is 2. The van der Waals surface area contributed by atoms with Gasteiger partial charge in [-0.25, -0.2) is 0 Å². The van der Waals surface area contributed by atoms with Crippen molar-refractivity contribution in [2.45, 2.75) is 33.1 Å². The van der Waals surface area contributed by atoms with Crippen LogP contribution in [0.2, 0.25) is 0 Å². The number of nitrogens with one attached hydrogen (secondary N) is 3. The van der Waals surface area contributed by atoms with E-state index in [1.807, 2.05) is 24.3 Å². The Morgan fingerprint density at radius 1 is 0.964 bits per heavy atom. The second kappa shape index (κ2) is 11.6. The highest BCUT2D eigenvalue weighted by Gasteiger charge is 2.07. The molecule has 28 heavy (non-hydrogen) atoms. The highest BCUT2D eigenvalue weighted by atomic mass is 16.5. The van der Waals surface area contributed by atoms with E-state index in [9.17, 15) is 9.59 Å². The van der Waals surface area contributed by atoms with Crippen LogP contribution in [0.4, 0.5) is 11.4 Å². The lowest BCUT2D eigenvalue weighted by Crippen LogP contribution is -2.25. The van der Waals surface area contributed by atoms with Crippen molar-refractivity contribution in [3.63, 3.8) is 0 Å². The zero-order valence-corrected chi connectivity index (χ0v) is 16.6. The van der Waals surface area contributed by atoms with Crippen LogP contribution in [0.5, 0.6) is 5.75 Å². The van der Waals surface area contributed by atoms with Crippen LogP contribution in [0, 0.1) is 0 Å². The minimum Gasteiger partial charge on any atom is -0.494 e. The van der Waals surface area contributed by atoms with Gasteiger partial charge in [0.25, 0.3) is 5.91 Å². The number of hydrogen-bond acceptors (Lipinski definition) is 4. The van der Waals surface area contributed by atoms with E-state index in [-0.39, 0.29) is 18.4 Å². The average Bonchev–Trinajstić information content (AvgIpc) is 2.72. The minimum absolute atomic E-state index is 0.127. The molecular formula is C22H29N3O3. The molecule has 2 rings (SSSR count). The zero-order chi connectivity index (χ0) is 20.2. The molecule has 0 aliphatic rings. The van der Waals surface area contributed by atoms with Crippen molar-refractivity contribution in [1.82, 2.24) is 5.32 Å². The van der Waals surface area contributed by atoms with E-state index >= 15 is 0 Å². The van der Waals surface area contributed by atoms with Crippen molar-refractivity contribution in [3.05, 3.63) is 54.1 Å². The third-order valence-corrected chi connectivity index (χ3v) is 4.00. The lowest BCUT2D eigenvalue weighted by Gasteiger charge is -2.10. The number of ether oxygens (including phenoxy) is 1. The molecule has 0 fully saturated rings. The van der Waals surface area contributed by atoms with E-state index in [0.717, 1.165) is 30.7 Å². The Balaban J connectivity index is 1.82. The van der Waals surface area contributed by atoms with Gasteiger partial charge in [-0.15, -0.1) is 0 Å². The molecule has 0 aromatic heterocycles. The normalized spacial score (nSPS) is 10.2. The summed E-state index contributed by atoms with van der Waals surface area (Å²) in [5.41, 5.74) is 1.96. The highest BCUT2D eigenvalue weighted by molar-refractivity contribution is 5.98. The predicted molar refractivity (Wildman–Crippen MR) is 113 cm³/mol. The molecule has 2 aromatic rings. The molecule has 0 aliphatic carbocycles. The van der Waals surface area contributed by atoms with Gasteiger partial charge in [0, 0.05) is 23.5 Å². The predicted octanol–water partition coefficient (Wildman–Crippen LogP) is 4.06. The first-order valence-corrected chi connectivity index (χ1v) is 9.77. The smallest absolute Gasteiger partial charge is 0.251 e. The number of unbranched alkanes of at least 4 members (excludes halogenated alkanes) is 1. The monoisotopic (exact) mass is 383 g/mol. The third kappa shape index (κ3) is 7.31. The molecule has 0 aliphatic heterocycles. The summed E-state index contributed by atoms with van der Waals surface area (Å²) in [4.78, 5) is 24.3. The molecule has 0 heterocycles. The standard InChI is InChI=1S/C22H29N3O3/c1-3-5-13-23-22(27)17-7-6-8-19(15-17)25-21(26)16-24-18-9-11-20(12-10-18)28-14-4-2/h6-12,15,24H,3-5,13-14,16H2,1-2H3,(H,23,27)(H,25,26). The van der Waals surface area contributed by atoms with Crippen LogP contribution in [0.25, 0.3) is 0 Å². The van der Waals surface area contributed by atoms with E-state index < -0.39 is 0 Å². The molecule has 0 atom stereocenters. The van der Waals surface area contributed by atoms with Gasteiger partial charge in [-0.05, 0) is 55.3 Å². The van der Waals surface area contributed by atoms with Gasteiger partial charge in [-0.2, -0.15) is 0 Å². The summed E-state index contributed by atoms with van der Waals surface area (Å²) in [7, 11) is 0. The maximum atomic E-state index is 12.2. The summed E-state index contributed by atoms with van der Waals surface area (Å²) in [6.45, 7) is 5.60. The summed E-state index contributed by atoms with van der Waals surface area (Å²) >= 11 is 0. The first-order chi connectivity index (χ1) is 13.6. The Labute approximate surface area is 166 Å². The van der Waals surface area contributed by atoms with Crippen LogP contribution in [-0.4, -0.2) is 31.5 Å². The Morgan fingerprint density at radius 2 is 1.75 bits per heavy atom. The molecule has 2 amide bonds. The Morgan fingerprint density at radius 3 is 2.46 bits per heavy atom. The van der Waals surface area contributed by atoms with Crippen LogP contribution >= 0.6 is 0 Å². The van der Waals surface area contributed by atoms with Gasteiger partial charge in [-0.1, -0.05) is 26.3 Å². The number of benzene rings is 2. The van der Waals surface area contributed by atoms with Crippen molar-refractivity contribution in [2.75, 3.05) is 30.3 Å². The minimum atomic E-state index is -0.185. The fraction of sp³-hybridized carbons (Fsp3) is 0.364. The highest BCUT2D eigenvalue weighted by Crippen LogP contribution is 2.16. The molecule has 2 aromatic carbocycles. The molecule has 6 nitrogen and oxygen atoms in total. The van der Waals surface area contributed by atoms with Gasteiger partial charge in [0.05, 0.1) is 13.2 Å². The van der Waals surface area contributed by atoms with Crippen LogP contribution in [0.15, 0.2) is 48.5 Å². The van der Waals surface area contributed by atoms with Gasteiger partial charge in [-0.3, -0.25) is 9.59 Å². The quantitative estimate of drug-likeness (QED) is 0.511. The van der Waals surface area contributed by atoms with E-state index in [1.165, 1.54) is 0 Å². The van der Waals surface area contributed by atoms with Crippen molar-refractivity contribution >= 4 is 23.2 Å². The molecule has 0 saturated carbocycles. The summed E-state index contributed by atoms with van der Waals surface area (Å²) in [6, 6.07) is 14.4. The summed E-state index contributed by atoms with van der Waals surface area (Å²) in [5.74, 6) is 0.494. The molecule has 0 unspecified atom stereocenters. The van der Waals surface area contributed by atoms with E-state index in [0.29, 0.717) is 24.4 Å². The molecule has 6 heteroatoms. The molecular weight excluding hydrogens is 354 g/mol. The zero-order valence-electron chi connectivity index (χ0n) is 16.6. The van der Waals surface area contributed by atoms with Gasteiger partial charge in [0.1, 0.15) is 5.75 Å². The van der Waals surface area contributed by atoms with Crippen molar-refractivity contribution < 1.29 is 14.3 Å². The van der Waals surface area contributed by atoms with Gasteiger partial charge in [0.2, 0.25) is 5.91 Å². The first-order valence-electron chi connectivity index (χ1n) is 9.77. The van der Waals surface area contributed by atoms with Crippen LogP contribution < -0.4 is 20.7 Å². The fourth-order valence-corrected chi connectivity index (χ4v) is 2.50. The Hall–Kier alpha value is -3.02. The van der Waals surface area contributed by atoms with Crippen LogP contribution in [0.3, 0.4) is 0 Å². The van der Waals surface area contributed by atoms with Crippen LogP contribution in [-0.2, 0) is 4.79 Å². The molecule has 3 N–H and O–H groups in total. The van der Waals surface area contributed by atoms with Crippen molar-refractivity contribution in [3.8, 4) is 5.75 Å². The molecule has 0 bridgehead atoms. The summed E-state index contributed by atoms with van der Waals surface area (Å²) < 4.78 is 5.54. The third-order valence-electron chi connectivity index (χ3n) is 4.00. The van der Waals surface area contributed by atoms with Gasteiger partial charge in [0.15, 0.2) is 0 Å². The average molecular weight is 383 g/mol. The maximum Gasteiger partial charge on any atom is 0.251 e. The molecule has 0 spiro atoms. The van der Waals surface area contributed by atoms with Crippen molar-refractivity contribution in [1.29, 1.82) is 0 Å². The van der Waals surface area contributed by atoms with Crippen LogP contribution in [0.1, 0.15) is 43.5 Å². The van der Waals surface area contributed by atoms with Crippen molar-refractivity contribution in [2.24, 2.45) is 0 Å². The second-order valence-electron chi connectivity index (χ2n) is 6.46. The topological polar surface area (TPSA) is 79.5 Å². The maximum absolute atomic E-state index is 12.2. The van der Waals surface area contributed by atoms with Gasteiger partial charge >= 0.3 is 0 Å². The summed E-state index contributed by atoms with van der Waals surface area (Å²) in [5, 5.41) is 8.75. The first kappa shape index (κ1) is 21.3. The number of amides is 2. The lowest BCUT2D eigenvalue weighted by atomic mass is 10.2. The lowest BCUT2D eigenvalue weighted by molar-refractivity contribution is -0.114. The van der Waals surface area contributed by atoms with E-state index in [4.69, 9.17) is 4.74 Å². The number of hydrogen-bond donors (Lipinski definition) is 3. The number of carbonyl (C=O) groups is 2. The molecule has 0 radical (unpaired) electrons. The Kier molecular flexibility index (Phi) is 8.85. The molecule has 0 saturated heterocycles. The number of rotatable bonds is 11. The molecule has 150 valence electrons. The number of anilines is 2. The SMILES string of the molecule is CCCCNC(=O)c1cccc(NC(=O)CNc2ccc(OCCC)cc2)c1. The van der Waals surface area contributed by atoms with E-state index in [2.05, 4.69) is 29.8 Å².